The van der Waals surface area contributed by atoms with E-state index in [2.05, 4.69) is 63.8 Å². The average molecular weight is 386 g/mol. The van der Waals surface area contributed by atoms with E-state index in [0.29, 0.717) is 24.3 Å². The zero-order valence-electron chi connectivity index (χ0n) is 17.8. The van der Waals surface area contributed by atoms with Crippen LogP contribution in [0.3, 0.4) is 0 Å². The Hall–Kier alpha value is -1.74. The lowest BCUT2D eigenvalue weighted by atomic mass is 9.66. The Bertz CT molecular complexity index is 806. The second-order valence-corrected chi connectivity index (χ2v) is 9.63. The molecule has 1 fully saturated rings. The number of nitrogens with zero attached hydrogens (tertiary/aromatic N) is 1. The molecule has 0 amide bonds. The van der Waals surface area contributed by atoms with Crippen LogP contribution in [0.25, 0.3) is 0 Å². The fraction of sp³-hybridized carbons (Fsp3) is 0.520. The highest BCUT2D eigenvalue weighted by Crippen LogP contribution is 2.45. The van der Waals surface area contributed by atoms with Crippen LogP contribution in [0.4, 0.5) is 8.78 Å². The highest BCUT2D eigenvalue weighted by molar-refractivity contribution is 5.34. The zero-order chi connectivity index (χ0) is 20.5. The lowest BCUT2D eigenvalue weighted by Gasteiger charge is -2.45. The summed E-state index contributed by atoms with van der Waals surface area (Å²) in [5.41, 5.74) is 3.94. The molecule has 3 heteroatoms. The standard InChI is InChI=1S/C25H33F2N/c1-17(2)19-8-6-7-9-20(19)21-16-28(13-12-22(21)25(3,4)5)15-18-10-11-23(26)24(27)14-18/h6-11,14,17,21-22H,12-13,15-16H2,1-5H3. The lowest BCUT2D eigenvalue weighted by molar-refractivity contribution is 0.0827. The maximum absolute atomic E-state index is 13.6. The maximum Gasteiger partial charge on any atom is 0.159 e. The van der Waals surface area contributed by atoms with Crippen LogP contribution in [0.1, 0.15) is 69.6 Å². The van der Waals surface area contributed by atoms with Crippen molar-refractivity contribution in [3.63, 3.8) is 0 Å². The molecule has 0 aliphatic carbocycles. The molecule has 0 aromatic heterocycles. The first-order valence-electron chi connectivity index (χ1n) is 10.4. The van der Waals surface area contributed by atoms with E-state index in [9.17, 15) is 8.78 Å². The minimum atomic E-state index is -0.779. The highest BCUT2D eigenvalue weighted by Gasteiger charge is 2.38. The second kappa shape index (κ2) is 8.32. The summed E-state index contributed by atoms with van der Waals surface area (Å²) < 4.78 is 26.9. The smallest absolute Gasteiger partial charge is 0.159 e. The summed E-state index contributed by atoms with van der Waals surface area (Å²) in [6.07, 6.45) is 1.12. The lowest BCUT2D eigenvalue weighted by Crippen LogP contribution is -2.43. The van der Waals surface area contributed by atoms with Gasteiger partial charge in [0.25, 0.3) is 0 Å². The third kappa shape index (κ3) is 4.63. The molecule has 2 unspecified atom stereocenters. The number of benzene rings is 2. The predicted octanol–water partition coefficient (Wildman–Crippen LogP) is 6.74. The van der Waals surface area contributed by atoms with E-state index in [1.165, 1.54) is 23.3 Å². The van der Waals surface area contributed by atoms with Gasteiger partial charge in [0.05, 0.1) is 0 Å². The quantitative estimate of drug-likeness (QED) is 0.563. The van der Waals surface area contributed by atoms with Crippen molar-refractivity contribution in [3.05, 3.63) is 70.8 Å². The van der Waals surface area contributed by atoms with Crippen molar-refractivity contribution in [2.45, 2.75) is 59.4 Å². The molecular formula is C25H33F2N. The summed E-state index contributed by atoms with van der Waals surface area (Å²) in [4.78, 5) is 2.40. The molecule has 0 spiro atoms. The van der Waals surface area contributed by atoms with Crippen LogP contribution < -0.4 is 0 Å². The molecule has 0 N–H and O–H groups in total. The minimum Gasteiger partial charge on any atom is -0.298 e. The molecule has 1 aliphatic heterocycles. The first kappa shape index (κ1) is 21.0. The average Bonchev–Trinajstić information content (AvgIpc) is 2.64. The molecule has 0 saturated carbocycles. The predicted molar refractivity (Wildman–Crippen MR) is 112 cm³/mol. The van der Waals surface area contributed by atoms with E-state index in [0.717, 1.165) is 25.1 Å². The molecule has 2 atom stereocenters. The summed E-state index contributed by atoms with van der Waals surface area (Å²) in [5.74, 6) is -0.0210. The topological polar surface area (TPSA) is 3.24 Å². The summed E-state index contributed by atoms with van der Waals surface area (Å²) in [6, 6.07) is 13.1. The number of hydrogen-bond donors (Lipinski definition) is 0. The van der Waals surface area contributed by atoms with Gasteiger partial charge in [0, 0.05) is 19.0 Å². The number of likely N-dealkylation sites (tertiary alicyclic amines) is 1. The van der Waals surface area contributed by atoms with Gasteiger partial charge >= 0.3 is 0 Å². The van der Waals surface area contributed by atoms with E-state index in [-0.39, 0.29) is 5.41 Å². The number of rotatable bonds is 4. The molecule has 3 rings (SSSR count). The van der Waals surface area contributed by atoms with Crippen LogP contribution in [0.2, 0.25) is 0 Å². The summed E-state index contributed by atoms with van der Waals surface area (Å²) in [5, 5.41) is 0. The monoisotopic (exact) mass is 385 g/mol. The largest absolute Gasteiger partial charge is 0.298 e. The fourth-order valence-corrected chi connectivity index (χ4v) is 4.79. The van der Waals surface area contributed by atoms with Crippen molar-refractivity contribution < 1.29 is 8.78 Å². The van der Waals surface area contributed by atoms with Crippen molar-refractivity contribution in [3.8, 4) is 0 Å². The van der Waals surface area contributed by atoms with E-state index < -0.39 is 11.6 Å². The van der Waals surface area contributed by atoms with Gasteiger partial charge in [-0.3, -0.25) is 4.90 Å². The molecule has 0 radical (unpaired) electrons. The van der Waals surface area contributed by atoms with Gasteiger partial charge in [-0.15, -0.1) is 0 Å². The van der Waals surface area contributed by atoms with E-state index in [1.807, 2.05) is 0 Å². The van der Waals surface area contributed by atoms with Crippen molar-refractivity contribution >= 4 is 0 Å². The van der Waals surface area contributed by atoms with Gasteiger partial charge in [-0.1, -0.05) is 65.0 Å². The number of hydrogen-bond acceptors (Lipinski definition) is 1. The molecule has 152 valence electrons. The van der Waals surface area contributed by atoms with E-state index >= 15 is 0 Å². The summed E-state index contributed by atoms with van der Waals surface area (Å²) >= 11 is 0. The fourth-order valence-electron chi connectivity index (χ4n) is 4.79. The Morgan fingerprint density at radius 3 is 2.39 bits per heavy atom. The van der Waals surface area contributed by atoms with Gasteiger partial charge in [-0.2, -0.15) is 0 Å². The number of piperidine rings is 1. The Morgan fingerprint density at radius 1 is 1.04 bits per heavy atom. The van der Waals surface area contributed by atoms with Crippen molar-refractivity contribution in [2.75, 3.05) is 13.1 Å². The van der Waals surface area contributed by atoms with Gasteiger partial charge in [-0.05, 0) is 59.0 Å². The van der Waals surface area contributed by atoms with Crippen molar-refractivity contribution in [2.24, 2.45) is 11.3 Å². The van der Waals surface area contributed by atoms with Gasteiger partial charge in [0.2, 0.25) is 0 Å². The van der Waals surface area contributed by atoms with Crippen molar-refractivity contribution in [1.82, 2.24) is 4.90 Å². The molecule has 1 nitrogen and oxygen atoms in total. The Morgan fingerprint density at radius 2 is 1.75 bits per heavy atom. The first-order chi connectivity index (χ1) is 13.2. The Balaban J connectivity index is 1.89. The van der Waals surface area contributed by atoms with Crippen LogP contribution >= 0.6 is 0 Å². The van der Waals surface area contributed by atoms with Gasteiger partial charge < -0.3 is 0 Å². The summed E-state index contributed by atoms with van der Waals surface area (Å²) in [7, 11) is 0. The van der Waals surface area contributed by atoms with Crippen LogP contribution in [0.15, 0.2) is 42.5 Å². The van der Waals surface area contributed by atoms with Crippen LogP contribution in [-0.2, 0) is 6.54 Å². The van der Waals surface area contributed by atoms with E-state index in [1.54, 1.807) is 6.07 Å². The third-order valence-electron chi connectivity index (χ3n) is 6.22. The molecular weight excluding hydrogens is 352 g/mol. The Kier molecular flexibility index (Phi) is 6.24. The van der Waals surface area contributed by atoms with Crippen LogP contribution in [0, 0.1) is 23.0 Å². The molecule has 1 heterocycles. The van der Waals surface area contributed by atoms with E-state index in [4.69, 9.17) is 0 Å². The normalized spacial score (nSPS) is 21.3. The van der Waals surface area contributed by atoms with Crippen LogP contribution in [0.5, 0.6) is 0 Å². The van der Waals surface area contributed by atoms with Crippen LogP contribution in [-0.4, -0.2) is 18.0 Å². The highest BCUT2D eigenvalue weighted by atomic mass is 19.2. The molecule has 2 aromatic rings. The maximum atomic E-state index is 13.6. The molecule has 0 bridgehead atoms. The minimum absolute atomic E-state index is 0.225. The molecule has 28 heavy (non-hydrogen) atoms. The van der Waals surface area contributed by atoms with Gasteiger partial charge in [0.15, 0.2) is 11.6 Å². The molecule has 1 saturated heterocycles. The second-order valence-electron chi connectivity index (χ2n) is 9.63. The third-order valence-corrected chi connectivity index (χ3v) is 6.22. The molecule has 1 aliphatic rings. The van der Waals surface area contributed by atoms with Gasteiger partial charge in [-0.25, -0.2) is 8.78 Å². The first-order valence-corrected chi connectivity index (χ1v) is 10.4. The van der Waals surface area contributed by atoms with Gasteiger partial charge in [0.1, 0.15) is 0 Å². The van der Waals surface area contributed by atoms with Crippen molar-refractivity contribution in [1.29, 1.82) is 0 Å². The number of halogens is 2. The summed E-state index contributed by atoms with van der Waals surface area (Å²) in [6.45, 7) is 14.1. The Labute approximate surface area is 168 Å². The molecule has 2 aromatic carbocycles. The SMILES string of the molecule is CC(C)c1ccccc1C1CN(Cc2ccc(F)c(F)c2)CCC1C(C)(C)C. The zero-order valence-corrected chi connectivity index (χ0v) is 17.8.